The van der Waals surface area contributed by atoms with Gasteiger partial charge in [0.2, 0.25) is 5.82 Å². The Morgan fingerprint density at radius 1 is 1.26 bits per heavy atom. The number of rotatable bonds is 1. The van der Waals surface area contributed by atoms with Crippen LogP contribution in [0, 0.1) is 11.6 Å². The van der Waals surface area contributed by atoms with Gasteiger partial charge in [0.15, 0.2) is 17.9 Å². The topological polar surface area (TPSA) is 38.7 Å². The van der Waals surface area contributed by atoms with Gasteiger partial charge in [0.25, 0.3) is 0 Å². The maximum Gasteiger partial charge on any atom is 0.200 e. The molecule has 0 spiro atoms. The molecule has 0 bridgehead atoms. The van der Waals surface area contributed by atoms with Gasteiger partial charge in [-0.3, -0.25) is 0 Å². The van der Waals surface area contributed by atoms with Gasteiger partial charge in [-0.2, -0.15) is 4.39 Å². The monoisotopic (exact) mass is 276 g/mol. The summed E-state index contributed by atoms with van der Waals surface area (Å²) in [6, 6.07) is 3.79. The molecule has 0 amide bonds. The van der Waals surface area contributed by atoms with Crippen molar-refractivity contribution in [3.05, 3.63) is 29.8 Å². The van der Waals surface area contributed by atoms with Gasteiger partial charge in [0.05, 0.1) is 13.2 Å². The number of hydrogen-bond donors (Lipinski definition) is 1. The predicted octanol–water partition coefficient (Wildman–Crippen LogP) is 3.50. The number of halogens is 2. The number of aliphatic hydroxyl groups excluding tert-OH is 1. The van der Waals surface area contributed by atoms with Crippen molar-refractivity contribution in [3.8, 4) is 5.75 Å². The first-order valence-corrected chi connectivity index (χ1v) is 6.36. The molecule has 1 saturated heterocycles. The Balaban J connectivity index is 0.000000316. The van der Waals surface area contributed by atoms with E-state index in [-0.39, 0.29) is 11.9 Å². The van der Waals surface area contributed by atoms with Crippen LogP contribution in [0.15, 0.2) is 18.2 Å². The van der Waals surface area contributed by atoms with Crippen LogP contribution >= 0.6 is 0 Å². The Kier molecular flexibility index (Phi) is 9.08. The van der Waals surface area contributed by atoms with Gasteiger partial charge >= 0.3 is 0 Å². The first-order valence-electron chi connectivity index (χ1n) is 6.36. The quantitative estimate of drug-likeness (QED) is 0.853. The van der Waals surface area contributed by atoms with Crippen LogP contribution in [0.5, 0.6) is 5.75 Å². The molecule has 1 aromatic rings. The second-order valence-corrected chi connectivity index (χ2v) is 3.73. The molecular formula is C14H22F2O3. The lowest BCUT2D eigenvalue weighted by Gasteiger charge is -2.00. The molecular weight excluding hydrogens is 254 g/mol. The highest BCUT2D eigenvalue weighted by Gasteiger charge is 2.17. The van der Waals surface area contributed by atoms with E-state index in [1.807, 2.05) is 20.8 Å². The van der Waals surface area contributed by atoms with Crippen LogP contribution in [0.25, 0.3) is 0 Å². The fraction of sp³-hybridized carbons (Fsp3) is 0.571. The minimum Gasteiger partial charge on any atom is -0.494 e. The minimum absolute atomic E-state index is 0.0694. The Hall–Kier alpha value is -1.20. The molecule has 5 heteroatoms. The summed E-state index contributed by atoms with van der Waals surface area (Å²) < 4.78 is 34.2. The van der Waals surface area contributed by atoms with Crippen molar-refractivity contribution in [2.45, 2.75) is 46.0 Å². The predicted molar refractivity (Wildman–Crippen MR) is 70.0 cm³/mol. The molecule has 2 rings (SSSR count). The number of aliphatic hydroxyl groups is 1. The van der Waals surface area contributed by atoms with Gasteiger partial charge in [0, 0.05) is 6.42 Å². The van der Waals surface area contributed by atoms with Crippen molar-refractivity contribution in [1.82, 2.24) is 0 Å². The van der Waals surface area contributed by atoms with Crippen molar-refractivity contribution in [3.63, 3.8) is 0 Å². The first kappa shape index (κ1) is 17.8. The second-order valence-electron chi connectivity index (χ2n) is 3.73. The van der Waals surface area contributed by atoms with Crippen LogP contribution in [0.2, 0.25) is 0 Å². The fourth-order valence-electron chi connectivity index (χ4n) is 1.42. The largest absolute Gasteiger partial charge is 0.494 e. The van der Waals surface area contributed by atoms with Crippen molar-refractivity contribution < 1.29 is 23.4 Å². The van der Waals surface area contributed by atoms with Gasteiger partial charge in [0.1, 0.15) is 0 Å². The summed E-state index contributed by atoms with van der Waals surface area (Å²) in [4.78, 5) is 0. The summed E-state index contributed by atoms with van der Waals surface area (Å²) in [5.74, 6) is -1.90. The van der Waals surface area contributed by atoms with Crippen LogP contribution in [-0.2, 0) is 4.74 Å². The minimum atomic E-state index is -0.940. The molecule has 0 radical (unpaired) electrons. The van der Waals surface area contributed by atoms with Crippen molar-refractivity contribution >= 4 is 0 Å². The smallest absolute Gasteiger partial charge is 0.200 e. The van der Waals surface area contributed by atoms with E-state index >= 15 is 0 Å². The lowest BCUT2D eigenvalue weighted by atomic mass is 10.3. The number of ether oxygens (including phenoxy) is 2. The second kappa shape index (κ2) is 9.69. The Bertz CT molecular complexity index is 351. The summed E-state index contributed by atoms with van der Waals surface area (Å²) in [7, 11) is 1.29. The summed E-state index contributed by atoms with van der Waals surface area (Å²) in [5.41, 5.74) is 0. The lowest BCUT2D eigenvalue weighted by Crippen LogP contribution is -2.05. The third kappa shape index (κ3) is 6.50. The lowest BCUT2D eigenvalue weighted by molar-refractivity contribution is -0.0849. The Morgan fingerprint density at radius 2 is 1.89 bits per heavy atom. The maximum absolute atomic E-state index is 12.5. The highest BCUT2D eigenvalue weighted by molar-refractivity contribution is 5.24. The zero-order valence-corrected chi connectivity index (χ0v) is 11.8. The zero-order chi connectivity index (χ0) is 14.8. The van der Waals surface area contributed by atoms with E-state index < -0.39 is 17.9 Å². The van der Waals surface area contributed by atoms with Gasteiger partial charge in [-0.25, -0.2) is 4.39 Å². The number of benzene rings is 1. The van der Waals surface area contributed by atoms with Gasteiger partial charge in [-0.15, -0.1) is 0 Å². The average Bonchev–Trinajstić information content (AvgIpc) is 2.80. The summed E-state index contributed by atoms with van der Waals surface area (Å²) in [6.07, 6.45) is 1.60. The number of methoxy groups -OCH3 is 1. The van der Waals surface area contributed by atoms with E-state index in [9.17, 15) is 8.78 Å². The van der Waals surface area contributed by atoms with Crippen LogP contribution < -0.4 is 4.74 Å². The van der Waals surface area contributed by atoms with E-state index in [1.165, 1.54) is 19.2 Å². The van der Waals surface area contributed by atoms with E-state index in [4.69, 9.17) is 9.84 Å². The molecule has 19 heavy (non-hydrogen) atoms. The fourth-order valence-corrected chi connectivity index (χ4v) is 1.42. The van der Waals surface area contributed by atoms with Crippen LogP contribution in [0.4, 0.5) is 8.78 Å². The molecule has 110 valence electrons. The van der Waals surface area contributed by atoms with Crippen LogP contribution in [0.1, 0.15) is 33.6 Å². The SMILES string of the molecule is CC.CC1CCC(O)O1.COc1cccc(F)c1F. The molecule has 2 unspecified atom stereocenters. The van der Waals surface area contributed by atoms with E-state index in [0.717, 1.165) is 18.9 Å². The molecule has 1 aliphatic heterocycles. The molecule has 2 atom stereocenters. The summed E-state index contributed by atoms with van der Waals surface area (Å²) in [6.45, 7) is 5.97. The molecule has 1 heterocycles. The van der Waals surface area contributed by atoms with Gasteiger partial charge in [-0.1, -0.05) is 19.9 Å². The average molecular weight is 276 g/mol. The van der Waals surface area contributed by atoms with Gasteiger partial charge in [-0.05, 0) is 25.5 Å². The third-order valence-electron chi connectivity index (χ3n) is 2.35. The highest BCUT2D eigenvalue weighted by Crippen LogP contribution is 2.17. The molecule has 0 aliphatic carbocycles. The first-order chi connectivity index (χ1) is 9.04. The Morgan fingerprint density at radius 3 is 2.21 bits per heavy atom. The van der Waals surface area contributed by atoms with Gasteiger partial charge < -0.3 is 14.6 Å². The molecule has 0 aromatic heterocycles. The van der Waals surface area contributed by atoms with E-state index in [0.29, 0.717) is 0 Å². The normalized spacial score (nSPS) is 20.8. The van der Waals surface area contributed by atoms with Crippen LogP contribution in [0.3, 0.4) is 0 Å². The van der Waals surface area contributed by atoms with E-state index in [1.54, 1.807) is 0 Å². The molecule has 1 N–H and O–H groups in total. The maximum atomic E-state index is 12.5. The highest BCUT2D eigenvalue weighted by atomic mass is 19.2. The molecule has 1 aliphatic rings. The summed E-state index contributed by atoms with van der Waals surface area (Å²) >= 11 is 0. The van der Waals surface area contributed by atoms with E-state index in [2.05, 4.69) is 4.74 Å². The summed E-state index contributed by atoms with van der Waals surface area (Å²) in [5, 5.41) is 8.68. The van der Waals surface area contributed by atoms with Crippen LogP contribution in [-0.4, -0.2) is 24.6 Å². The Labute approximate surface area is 113 Å². The molecule has 1 aromatic carbocycles. The molecule has 3 nitrogen and oxygen atoms in total. The third-order valence-corrected chi connectivity index (χ3v) is 2.35. The van der Waals surface area contributed by atoms with Crippen molar-refractivity contribution in [2.75, 3.05) is 7.11 Å². The molecule has 1 fully saturated rings. The standard InChI is InChI=1S/C7H6F2O.C5H10O2.C2H6/c1-10-6-4-2-3-5(8)7(6)9;1-4-2-3-5(6)7-4;1-2/h2-4H,1H3;4-6H,2-3H2,1H3;1-2H3. The zero-order valence-electron chi connectivity index (χ0n) is 11.8. The number of hydrogen-bond acceptors (Lipinski definition) is 3. The molecule has 0 saturated carbocycles. The van der Waals surface area contributed by atoms with Crippen molar-refractivity contribution in [2.24, 2.45) is 0 Å². The van der Waals surface area contributed by atoms with Crippen molar-refractivity contribution in [1.29, 1.82) is 0 Å².